The fraction of sp³-hybridized carbons (Fsp3) is 0.182. The number of hydrogen-bond acceptors (Lipinski definition) is 4. The Hall–Kier alpha value is -2.30. The molecule has 1 aliphatic rings. The van der Waals surface area contributed by atoms with Gasteiger partial charge in [0.15, 0.2) is 0 Å². The van der Waals surface area contributed by atoms with Gasteiger partial charge >= 0.3 is 0 Å². The summed E-state index contributed by atoms with van der Waals surface area (Å²) in [5.41, 5.74) is 2.75. The van der Waals surface area contributed by atoms with E-state index in [2.05, 4.69) is 30.9 Å². The van der Waals surface area contributed by atoms with Crippen molar-refractivity contribution in [2.45, 2.75) is 29.1 Å². The highest BCUT2D eigenvalue weighted by Crippen LogP contribution is 2.47. The summed E-state index contributed by atoms with van der Waals surface area (Å²) in [6.07, 6.45) is 1.88. The first-order valence-corrected chi connectivity index (χ1v) is 9.82. The molecule has 27 heavy (non-hydrogen) atoms. The normalized spacial score (nSPS) is 16.9. The molecule has 3 nitrogen and oxygen atoms in total. The summed E-state index contributed by atoms with van der Waals surface area (Å²) in [5, 5.41) is 0.638. The molecule has 4 rings (SSSR count). The number of likely N-dealkylation sites (N-methyl/N-ethyl adjacent to an activating group) is 1. The lowest BCUT2D eigenvalue weighted by molar-refractivity contribution is 0.644. The molecule has 3 aromatic carbocycles. The quantitative estimate of drug-likeness (QED) is 0.594. The lowest BCUT2D eigenvalue weighted by atomic mass is 9.83. The van der Waals surface area contributed by atoms with Gasteiger partial charge in [-0.3, -0.25) is 9.59 Å². The summed E-state index contributed by atoms with van der Waals surface area (Å²) in [4.78, 5) is 27.9. The minimum Gasteiger partial charge on any atom is -0.347 e. The molecule has 0 spiro atoms. The number of benzene rings is 2. The molecule has 0 unspecified atom stereocenters. The van der Waals surface area contributed by atoms with Crippen LogP contribution in [0.2, 0.25) is 5.02 Å². The zero-order valence-corrected chi connectivity index (χ0v) is 16.8. The predicted molar refractivity (Wildman–Crippen MR) is 113 cm³/mol. The molecular weight excluding hydrogens is 378 g/mol. The van der Waals surface area contributed by atoms with Crippen LogP contribution in [0.25, 0.3) is 6.08 Å². The van der Waals surface area contributed by atoms with Gasteiger partial charge in [0.1, 0.15) is 0 Å². The van der Waals surface area contributed by atoms with Gasteiger partial charge < -0.3 is 4.90 Å². The minimum atomic E-state index is -0.419. The van der Waals surface area contributed by atoms with Gasteiger partial charge in [-0.05, 0) is 42.0 Å². The molecule has 0 N–H and O–H groups in total. The van der Waals surface area contributed by atoms with Crippen molar-refractivity contribution < 1.29 is 0 Å². The Morgan fingerprint density at radius 3 is 2.33 bits per heavy atom. The lowest BCUT2D eigenvalue weighted by Gasteiger charge is -2.24. The summed E-state index contributed by atoms with van der Waals surface area (Å²) in [6.45, 7) is 4.28. The van der Waals surface area contributed by atoms with Crippen molar-refractivity contribution in [2.75, 3.05) is 11.9 Å². The van der Waals surface area contributed by atoms with E-state index < -0.39 is 10.9 Å². The Balaban J connectivity index is 1.76. The first-order chi connectivity index (χ1) is 12.8. The van der Waals surface area contributed by atoms with E-state index in [1.54, 1.807) is 12.1 Å². The first-order valence-electron chi connectivity index (χ1n) is 8.63. The van der Waals surface area contributed by atoms with Crippen LogP contribution in [-0.4, -0.2) is 7.05 Å². The third-order valence-electron chi connectivity index (χ3n) is 5.16. The van der Waals surface area contributed by atoms with Crippen molar-refractivity contribution in [1.82, 2.24) is 0 Å². The SMILES string of the molecule is CN1/C(=C\c2c(Sc3ccc(Cl)cc3)c(=O)c2=O)C(C)(C)c2ccccc21. The van der Waals surface area contributed by atoms with Crippen molar-refractivity contribution in [3.05, 3.63) is 90.8 Å². The molecule has 0 amide bonds. The Bertz CT molecular complexity index is 1140. The van der Waals surface area contributed by atoms with Crippen LogP contribution in [0, 0.1) is 0 Å². The van der Waals surface area contributed by atoms with E-state index in [-0.39, 0.29) is 5.41 Å². The van der Waals surface area contributed by atoms with Gasteiger partial charge in [-0.2, -0.15) is 0 Å². The van der Waals surface area contributed by atoms with Crippen LogP contribution in [0.1, 0.15) is 25.0 Å². The van der Waals surface area contributed by atoms with Crippen LogP contribution in [0.3, 0.4) is 0 Å². The summed E-state index contributed by atoms with van der Waals surface area (Å²) >= 11 is 7.24. The maximum absolute atomic E-state index is 12.3. The molecule has 136 valence electrons. The van der Waals surface area contributed by atoms with Crippen LogP contribution < -0.4 is 15.8 Å². The van der Waals surface area contributed by atoms with Crippen molar-refractivity contribution in [1.29, 1.82) is 0 Å². The van der Waals surface area contributed by atoms with E-state index in [4.69, 9.17) is 11.6 Å². The molecule has 0 bridgehead atoms. The van der Waals surface area contributed by atoms with Crippen LogP contribution in [0.15, 0.2) is 73.6 Å². The molecule has 0 radical (unpaired) electrons. The summed E-state index contributed by atoms with van der Waals surface area (Å²) in [7, 11) is 2.00. The zero-order valence-electron chi connectivity index (χ0n) is 15.2. The lowest BCUT2D eigenvalue weighted by Crippen LogP contribution is -2.36. The number of fused-ring (bicyclic) bond motifs is 1. The van der Waals surface area contributed by atoms with E-state index in [0.29, 0.717) is 15.5 Å². The van der Waals surface area contributed by atoms with Crippen LogP contribution in [0.5, 0.6) is 0 Å². The van der Waals surface area contributed by atoms with Gasteiger partial charge in [0.05, 0.1) is 4.90 Å². The summed E-state index contributed by atoms with van der Waals surface area (Å²) in [5.74, 6) is 0. The summed E-state index contributed by atoms with van der Waals surface area (Å²) < 4.78 is 0. The molecule has 0 saturated heterocycles. The van der Waals surface area contributed by atoms with Gasteiger partial charge in [-0.25, -0.2) is 0 Å². The predicted octanol–water partition coefficient (Wildman–Crippen LogP) is 4.86. The Labute approximate surface area is 167 Å². The number of para-hydroxylation sites is 1. The standard InChI is InChI=1S/C22H18ClNO2S/c1-22(2)16-6-4-5-7-17(16)24(3)18(22)12-15-19(25)20(26)21(15)27-14-10-8-13(23)9-11-14/h4-12H,1-3H3/b18-12-. The second kappa shape index (κ2) is 6.39. The largest absolute Gasteiger partial charge is 0.347 e. The maximum Gasteiger partial charge on any atom is 0.240 e. The van der Waals surface area contributed by atoms with E-state index in [1.165, 1.54) is 17.3 Å². The van der Waals surface area contributed by atoms with Crippen molar-refractivity contribution in [3.8, 4) is 0 Å². The number of anilines is 1. The number of hydrogen-bond donors (Lipinski definition) is 0. The smallest absolute Gasteiger partial charge is 0.240 e. The van der Waals surface area contributed by atoms with Crippen LogP contribution >= 0.6 is 23.4 Å². The highest BCUT2D eigenvalue weighted by Gasteiger charge is 2.38. The number of allylic oxidation sites excluding steroid dienone is 1. The monoisotopic (exact) mass is 395 g/mol. The minimum absolute atomic E-state index is 0.243. The van der Waals surface area contributed by atoms with Crippen LogP contribution in [-0.2, 0) is 5.41 Å². The van der Waals surface area contributed by atoms with Crippen molar-refractivity contribution in [2.24, 2.45) is 0 Å². The van der Waals surface area contributed by atoms with Gasteiger partial charge in [-0.1, -0.05) is 55.4 Å². The molecule has 0 aliphatic carbocycles. The third kappa shape index (κ3) is 2.84. The first kappa shape index (κ1) is 18.1. The zero-order chi connectivity index (χ0) is 19.3. The summed E-state index contributed by atoms with van der Waals surface area (Å²) in [6, 6.07) is 15.5. The van der Waals surface area contributed by atoms with Crippen molar-refractivity contribution in [3.63, 3.8) is 0 Å². The molecule has 3 aromatic rings. The van der Waals surface area contributed by atoms with Gasteiger partial charge in [0.25, 0.3) is 0 Å². The highest BCUT2D eigenvalue weighted by molar-refractivity contribution is 7.99. The Kier molecular flexibility index (Phi) is 4.28. The Morgan fingerprint density at radius 2 is 1.67 bits per heavy atom. The van der Waals surface area contributed by atoms with Crippen LogP contribution in [0.4, 0.5) is 5.69 Å². The molecule has 0 aromatic heterocycles. The molecule has 0 fully saturated rings. The topological polar surface area (TPSA) is 37.4 Å². The molecule has 0 saturated carbocycles. The van der Waals surface area contributed by atoms with Gasteiger partial charge in [0, 0.05) is 39.3 Å². The second-order valence-electron chi connectivity index (χ2n) is 7.19. The van der Waals surface area contributed by atoms with E-state index in [0.717, 1.165) is 16.3 Å². The van der Waals surface area contributed by atoms with E-state index in [9.17, 15) is 9.59 Å². The van der Waals surface area contributed by atoms with E-state index >= 15 is 0 Å². The average Bonchev–Trinajstić information content (AvgIpc) is 2.86. The number of rotatable bonds is 3. The third-order valence-corrected chi connectivity index (χ3v) is 6.53. The maximum atomic E-state index is 12.3. The fourth-order valence-corrected chi connectivity index (χ4v) is 4.72. The fourth-order valence-electron chi connectivity index (χ4n) is 3.64. The molecule has 1 aliphatic heterocycles. The number of halogens is 1. The van der Waals surface area contributed by atoms with Gasteiger partial charge in [0.2, 0.25) is 10.9 Å². The molecule has 0 atom stereocenters. The number of nitrogens with zero attached hydrogens (tertiary/aromatic N) is 1. The molecule has 5 heteroatoms. The van der Waals surface area contributed by atoms with E-state index in [1.807, 2.05) is 37.4 Å². The average molecular weight is 396 g/mol. The highest BCUT2D eigenvalue weighted by atomic mass is 35.5. The molecular formula is C22H18ClNO2S. The van der Waals surface area contributed by atoms with Crippen molar-refractivity contribution >= 4 is 35.1 Å². The molecule has 1 heterocycles. The Morgan fingerprint density at radius 1 is 1.00 bits per heavy atom. The second-order valence-corrected chi connectivity index (χ2v) is 8.71. The van der Waals surface area contributed by atoms with Gasteiger partial charge in [-0.15, -0.1) is 0 Å².